The van der Waals surface area contributed by atoms with E-state index in [-0.39, 0.29) is 19.4 Å². The van der Waals surface area contributed by atoms with Gasteiger partial charge in [0.1, 0.15) is 11.9 Å². The van der Waals surface area contributed by atoms with E-state index < -0.39 is 12.1 Å². The van der Waals surface area contributed by atoms with Crippen LogP contribution in [0.3, 0.4) is 0 Å². The summed E-state index contributed by atoms with van der Waals surface area (Å²) in [5, 5.41) is 28.1. The van der Waals surface area contributed by atoms with Gasteiger partial charge < -0.3 is 24.8 Å². The largest absolute Gasteiger partial charge is 0.481 e. The van der Waals surface area contributed by atoms with E-state index >= 15 is 0 Å². The van der Waals surface area contributed by atoms with E-state index in [4.69, 9.17) is 16.7 Å². The van der Waals surface area contributed by atoms with E-state index in [0.717, 1.165) is 16.7 Å². The molecule has 0 saturated carbocycles. The number of aliphatic carboxylic acids is 1. The van der Waals surface area contributed by atoms with Crippen LogP contribution in [0.25, 0.3) is 11.0 Å². The number of benzene rings is 1. The van der Waals surface area contributed by atoms with Gasteiger partial charge in [0.25, 0.3) is 0 Å². The van der Waals surface area contributed by atoms with Crippen LogP contribution in [-0.2, 0) is 11.8 Å². The lowest BCUT2D eigenvalue weighted by atomic mass is 10.2. The highest BCUT2D eigenvalue weighted by atomic mass is 35.5. The third-order valence-corrected chi connectivity index (χ3v) is 4.09. The smallest absolute Gasteiger partial charge is 0.303 e. The van der Waals surface area contributed by atoms with E-state index in [9.17, 15) is 15.0 Å². The van der Waals surface area contributed by atoms with Gasteiger partial charge in [-0.3, -0.25) is 4.79 Å². The molecule has 0 aliphatic rings. The van der Waals surface area contributed by atoms with Gasteiger partial charge in [-0.15, -0.1) is 11.6 Å². The highest BCUT2D eigenvalue weighted by molar-refractivity contribution is 6.18. The molecule has 1 unspecified atom stereocenters. The zero-order chi connectivity index (χ0) is 17.7. The van der Waals surface area contributed by atoms with Crippen molar-refractivity contribution in [2.24, 2.45) is 7.05 Å². The van der Waals surface area contributed by atoms with Crippen LogP contribution in [0.2, 0.25) is 0 Å². The molecule has 0 fully saturated rings. The number of hydrogen-bond donors (Lipinski definition) is 3. The van der Waals surface area contributed by atoms with Crippen molar-refractivity contribution in [3.8, 4) is 0 Å². The number of aromatic nitrogens is 2. The molecule has 1 atom stereocenters. The zero-order valence-corrected chi connectivity index (χ0v) is 14.3. The lowest BCUT2D eigenvalue weighted by Crippen LogP contribution is -2.28. The van der Waals surface area contributed by atoms with E-state index in [2.05, 4.69) is 4.98 Å². The van der Waals surface area contributed by atoms with Crippen LogP contribution >= 0.6 is 11.6 Å². The fourth-order valence-corrected chi connectivity index (χ4v) is 2.88. The number of fused-ring (bicyclic) bond motifs is 1. The topological polar surface area (TPSA) is 98.8 Å². The maximum absolute atomic E-state index is 10.7. The lowest BCUT2D eigenvalue weighted by Gasteiger charge is -2.23. The second-order valence-corrected chi connectivity index (χ2v) is 5.93. The minimum atomic E-state index is -0.948. The number of rotatable bonds is 9. The molecule has 0 spiro atoms. The molecule has 1 heterocycles. The van der Waals surface area contributed by atoms with Crippen molar-refractivity contribution in [2.45, 2.75) is 18.9 Å². The number of carboxylic acids is 1. The molecule has 7 nitrogen and oxygen atoms in total. The molecule has 2 rings (SSSR count). The minimum absolute atomic E-state index is 0.0272. The number of aliphatic hydroxyl groups is 2. The van der Waals surface area contributed by atoms with Crippen molar-refractivity contribution in [1.82, 2.24) is 9.55 Å². The molecule has 1 aromatic carbocycles. The van der Waals surface area contributed by atoms with Crippen molar-refractivity contribution in [1.29, 1.82) is 0 Å². The van der Waals surface area contributed by atoms with Crippen molar-refractivity contribution in [3.05, 3.63) is 24.0 Å². The van der Waals surface area contributed by atoms with E-state index in [1.807, 2.05) is 23.1 Å². The van der Waals surface area contributed by atoms with Crippen LogP contribution in [-0.4, -0.2) is 56.4 Å². The van der Waals surface area contributed by atoms with Crippen LogP contribution in [0, 0.1) is 0 Å². The van der Waals surface area contributed by atoms with Gasteiger partial charge in [-0.2, -0.15) is 0 Å². The number of halogens is 1. The monoisotopic (exact) mass is 355 g/mol. The van der Waals surface area contributed by atoms with E-state index in [1.54, 1.807) is 11.6 Å². The number of carbonyl (C=O) groups is 1. The summed E-state index contributed by atoms with van der Waals surface area (Å²) >= 11 is 5.82. The number of hydrogen-bond acceptors (Lipinski definition) is 5. The second-order valence-electron chi connectivity index (χ2n) is 5.55. The number of aliphatic hydroxyl groups excluding tert-OH is 2. The van der Waals surface area contributed by atoms with Crippen molar-refractivity contribution >= 4 is 34.3 Å². The van der Waals surface area contributed by atoms with Crippen LogP contribution in [0.4, 0.5) is 5.69 Å². The molecule has 2 aromatic rings. The third kappa shape index (κ3) is 4.17. The SMILES string of the molecule is Cn1c(C(O)CCC(=O)O)nc2ccc(N(CCO)CCCl)cc21. The summed E-state index contributed by atoms with van der Waals surface area (Å²) in [5.74, 6) is -0.0620. The fourth-order valence-electron chi connectivity index (χ4n) is 2.67. The first-order valence-electron chi connectivity index (χ1n) is 7.76. The number of aryl methyl sites for hydroxylation is 1. The standard InChI is InChI=1S/C16H22ClN3O4/c1-19-13-10-11(20(7-6-17)8-9-21)2-3-12(13)18-16(19)14(22)4-5-15(23)24/h2-3,10,14,21-22H,4-9H2,1H3,(H,23,24). The second kappa shape index (κ2) is 8.32. The summed E-state index contributed by atoms with van der Waals surface area (Å²) in [6.45, 7) is 1.11. The molecule has 24 heavy (non-hydrogen) atoms. The summed E-state index contributed by atoms with van der Waals surface area (Å²) in [6, 6.07) is 5.67. The van der Waals surface area contributed by atoms with Gasteiger partial charge in [-0.1, -0.05) is 0 Å². The average molecular weight is 356 g/mol. The fraction of sp³-hybridized carbons (Fsp3) is 0.500. The molecule has 8 heteroatoms. The number of alkyl halides is 1. The Balaban J connectivity index is 2.32. The van der Waals surface area contributed by atoms with Crippen molar-refractivity contribution in [3.63, 3.8) is 0 Å². The Morgan fingerprint density at radius 2 is 2.17 bits per heavy atom. The van der Waals surface area contributed by atoms with Gasteiger partial charge in [0, 0.05) is 38.1 Å². The maximum atomic E-state index is 10.7. The lowest BCUT2D eigenvalue weighted by molar-refractivity contribution is -0.137. The molecule has 0 radical (unpaired) electrons. The van der Waals surface area contributed by atoms with Gasteiger partial charge in [0.15, 0.2) is 0 Å². The van der Waals surface area contributed by atoms with Gasteiger partial charge >= 0.3 is 5.97 Å². The number of imidazole rings is 1. The highest BCUT2D eigenvalue weighted by Crippen LogP contribution is 2.26. The predicted molar refractivity (Wildman–Crippen MR) is 92.6 cm³/mol. The minimum Gasteiger partial charge on any atom is -0.481 e. The van der Waals surface area contributed by atoms with Crippen molar-refractivity contribution in [2.75, 3.05) is 30.5 Å². The normalized spacial score (nSPS) is 12.5. The summed E-state index contributed by atoms with van der Waals surface area (Å²) in [6.07, 6.45) is -0.934. The van der Waals surface area contributed by atoms with Gasteiger partial charge in [-0.25, -0.2) is 4.98 Å². The molecule has 0 bridgehead atoms. The number of nitrogens with zero attached hydrogens (tertiary/aromatic N) is 3. The Kier molecular flexibility index (Phi) is 6.42. The van der Waals surface area contributed by atoms with Crippen molar-refractivity contribution < 1.29 is 20.1 Å². The molecule has 0 saturated heterocycles. The molecule has 1 aromatic heterocycles. The van der Waals surface area contributed by atoms with Crippen LogP contribution in [0.1, 0.15) is 24.8 Å². The average Bonchev–Trinajstić information content (AvgIpc) is 2.89. The first-order chi connectivity index (χ1) is 11.5. The Morgan fingerprint density at radius 3 is 2.79 bits per heavy atom. The van der Waals surface area contributed by atoms with Crippen LogP contribution in [0.5, 0.6) is 0 Å². The predicted octanol–water partition coefficient (Wildman–Crippen LogP) is 1.51. The maximum Gasteiger partial charge on any atom is 0.303 e. The molecule has 3 N–H and O–H groups in total. The molecular weight excluding hydrogens is 334 g/mol. The van der Waals surface area contributed by atoms with Gasteiger partial charge in [0.2, 0.25) is 0 Å². The quantitative estimate of drug-likeness (QED) is 0.590. The van der Waals surface area contributed by atoms with E-state index in [1.165, 1.54) is 0 Å². The molecule has 0 aliphatic carbocycles. The summed E-state index contributed by atoms with van der Waals surface area (Å²) in [4.78, 5) is 17.0. The zero-order valence-electron chi connectivity index (χ0n) is 13.5. The summed E-state index contributed by atoms with van der Waals surface area (Å²) < 4.78 is 1.77. The van der Waals surface area contributed by atoms with Crippen LogP contribution < -0.4 is 4.90 Å². The molecule has 0 amide bonds. The highest BCUT2D eigenvalue weighted by Gasteiger charge is 2.18. The summed E-state index contributed by atoms with van der Waals surface area (Å²) in [7, 11) is 1.79. The van der Waals surface area contributed by atoms with Crippen LogP contribution in [0.15, 0.2) is 18.2 Å². The first kappa shape index (κ1) is 18.5. The van der Waals surface area contributed by atoms with Gasteiger partial charge in [0.05, 0.1) is 17.6 Å². The van der Waals surface area contributed by atoms with Gasteiger partial charge in [-0.05, 0) is 24.6 Å². The number of carboxylic acid groups (broad SMARTS) is 1. The van der Waals surface area contributed by atoms with E-state index in [0.29, 0.717) is 24.8 Å². The third-order valence-electron chi connectivity index (χ3n) is 3.92. The first-order valence-corrected chi connectivity index (χ1v) is 8.29. The Hall–Kier alpha value is -1.83. The Bertz CT molecular complexity index is 698. The molecule has 132 valence electrons. The molecule has 0 aliphatic heterocycles. The molecular formula is C16H22ClN3O4. The Morgan fingerprint density at radius 1 is 1.42 bits per heavy atom. The Labute approximate surface area is 145 Å². The number of anilines is 1. The summed E-state index contributed by atoms with van der Waals surface area (Å²) in [5.41, 5.74) is 2.46.